The number of carbonyl (C=O) groups excluding carboxylic acids is 3. The number of carbonyl (C=O) groups is 3. The first-order valence-electron chi connectivity index (χ1n) is 12.8. The summed E-state index contributed by atoms with van der Waals surface area (Å²) in [5, 5.41) is 12.0. The fourth-order valence-corrected chi connectivity index (χ4v) is 8.37. The largest absolute Gasteiger partial charge is 0.459 e. The van der Waals surface area contributed by atoms with Crippen molar-refractivity contribution in [3.63, 3.8) is 0 Å². The van der Waals surface area contributed by atoms with Gasteiger partial charge in [-0.05, 0) is 58.6 Å². The van der Waals surface area contributed by atoms with E-state index in [9.17, 15) is 19.5 Å². The Balaban J connectivity index is 1.34. The van der Waals surface area contributed by atoms with E-state index in [1.807, 2.05) is 27.7 Å². The normalized spacial score (nSPS) is 49.4. The van der Waals surface area contributed by atoms with E-state index in [1.165, 1.54) is 0 Å². The van der Waals surface area contributed by atoms with Crippen molar-refractivity contribution >= 4 is 17.9 Å². The molecule has 8 heteroatoms. The van der Waals surface area contributed by atoms with Gasteiger partial charge in [-0.25, -0.2) is 4.79 Å². The Bertz CT molecular complexity index is 1090. The lowest BCUT2D eigenvalue weighted by atomic mass is 9.66. The second kappa shape index (κ2) is 6.97. The van der Waals surface area contributed by atoms with Crippen LogP contribution in [0.4, 0.5) is 0 Å². The molecule has 190 valence electrons. The van der Waals surface area contributed by atoms with Gasteiger partial charge in [0.2, 0.25) is 5.79 Å². The van der Waals surface area contributed by atoms with Crippen LogP contribution in [0, 0.1) is 35.0 Å². The van der Waals surface area contributed by atoms with Gasteiger partial charge in [0.05, 0.1) is 24.0 Å². The Hall–Kier alpha value is -2.19. The standard InChI is InChI=1S/C27H34O8/c1-13-8-15(32-22(13)29)9-14(2)27-25(5,12-20(28)33-27)19-11-26(31)10-16-17(24(3,4)35-23(16)30)6-7-18(26)21(19)34-27/h8-9,14,16-19,21,31H,6-7,10-12H2,1-5H3/b15-9-/t14-,16-,17+,18+,19-,21+,25?,26+,27-/m0/s1. The Morgan fingerprint density at radius 2 is 1.77 bits per heavy atom. The number of hydrogen-bond donors (Lipinski definition) is 1. The molecule has 0 bridgehead atoms. The Morgan fingerprint density at radius 1 is 1.06 bits per heavy atom. The first kappa shape index (κ1) is 23.2. The molecule has 4 heterocycles. The van der Waals surface area contributed by atoms with Crippen LogP contribution in [0.5, 0.6) is 0 Å². The van der Waals surface area contributed by atoms with E-state index < -0.39 is 22.4 Å². The lowest BCUT2D eigenvalue weighted by molar-refractivity contribution is -0.257. The Labute approximate surface area is 205 Å². The molecule has 4 aliphatic heterocycles. The van der Waals surface area contributed by atoms with Crippen molar-refractivity contribution in [1.29, 1.82) is 0 Å². The predicted molar refractivity (Wildman–Crippen MR) is 121 cm³/mol. The number of allylic oxidation sites excluding steroid dienone is 1. The summed E-state index contributed by atoms with van der Waals surface area (Å²) in [6, 6.07) is 0. The third kappa shape index (κ3) is 2.95. The molecule has 5 fully saturated rings. The first-order chi connectivity index (χ1) is 16.3. The lowest BCUT2D eigenvalue weighted by Gasteiger charge is -2.41. The maximum atomic E-state index is 12.7. The van der Waals surface area contributed by atoms with Gasteiger partial charge in [0, 0.05) is 34.7 Å². The van der Waals surface area contributed by atoms with Crippen LogP contribution in [0.3, 0.4) is 0 Å². The fraction of sp³-hybridized carbons (Fsp3) is 0.741. The summed E-state index contributed by atoms with van der Waals surface area (Å²) in [5.74, 6) is -2.61. The third-order valence-electron chi connectivity index (χ3n) is 10.1. The summed E-state index contributed by atoms with van der Waals surface area (Å²) in [4.78, 5) is 37.2. The smallest absolute Gasteiger partial charge is 0.339 e. The summed E-state index contributed by atoms with van der Waals surface area (Å²) >= 11 is 0. The summed E-state index contributed by atoms with van der Waals surface area (Å²) in [7, 11) is 0. The molecule has 2 aliphatic carbocycles. The monoisotopic (exact) mass is 486 g/mol. The molecule has 0 aromatic heterocycles. The van der Waals surface area contributed by atoms with Crippen molar-refractivity contribution < 1.29 is 38.4 Å². The van der Waals surface area contributed by atoms with Gasteiger partial charge in [-0.3, -0.25) is 9.59 Å². The maximum absolute atomic E-state index is 12.7. The third-order valence-corrected chi connectivity index (χ3v) is 10.1. The number of ether oxygens (including phenoxy) is 4. The van der Waals surface area contributed by atoms with Gasteiger partial charge in [-0.1, -0.05) is 13.8 Å². The van der Waals surface area contributed by atoms with Crippen LogP contribution in [-0.2, 0) is 33.3 Å². The zero-order valence-electron chi connectivity index (χ0n) is 21.0. The maximum Gasteiger partial charge on any atom is 0.339 e. The average Bonchev–Trinajstić information content (AvgIpc) is 3.38. The van der Waals surface area contributed by atoms with Gasteiger partial charge in [0.15, 0.2) is 0 Å². The molecule has 8 nitrogen and oxygen atoms in total. The molecule has 1 unspecified atom stereocenters. The van der Waals surface area contributed by atoms with Crippen molar-refractivity contribution in [3.05, 3.63) is 23.5 Å². The van der Waals surface area contributed by atoms with Crippen LogP contribution in [0.25, 0.3) is 0 Å². The summed E-state index contributed by atoms with van der Waals surface area (Å²) in [6.07, 6.45) is 5.68. The van der Waals surface area contributed by atoms with Crippen LogP contribution in [0.2, 0.25) is 0 Å². The SMILES string of the molecule is CC1=C/C(=C/[C@H](C)[C@@]23OC(=O)CC2(C)[C@H]2C[C@]4(O)C[C@@H]5C(=O)OC(C)(C)[C@@H]5CC[C@@H]4[C@H]2O3)OC1=O. The Morgan fingerprint density at radius 3 is 2.46 bits per heavy atom. The molecule has 0 spiro atoms. The highest BCUT2D eigenvalue weighted by Gasteiger charge is 2.77. The molecule has 9 atom stereocenters. The van der Waals surface area contributed by atoms with Crippen molar-refractivity contribution in [3.8, 4) is 0 Å². The van der Waals surface area contributed by atoms with Gasteiger partial charge in [0.1, 0.15) is 11.4 Å². The summed E-state index contributed by atoms with van der Waals surface area (Å²) in [6.45, 7) is 9.54. The molecule has 0 amide bonds. The number of fused-ring (bicyclic) bond motifs is 6. The minimum atomic E-state index is -1.20. The van der Waals surface area contributed by atoms with Crippen molar-refractivity contribution in [2.75, 3.05) is 0 Å². The molecule has 3 saturated heterocycles. The first-order valence-corrected chi connectivity index (χ1v) is 12.8. The van der Waals surface area contributed by atoms with Crippen molar-refractivity contribution in [2.24, 2.45) is 35.0 Å². The number of rotatable bonds is 2. The summed E-state index contributed by atoms with van der Waals surface area (Å²) < 4.78 is 23.8. The highest BCUT2D eigenvalue weighted by Crippen LogP contribution is 2.69. The average molecular weight is 487 g/mol. The second-order valence-corrected chi connectivity index (χ2v) is 12.4. The second-order valence-electron chi connectivity index (χ2n) is 12.4. The molecule has 2 saturated carbocycles. The van der Waals surface area contributed by atoms with E-state index in [0.29, 0.717) is 30.6 Å². The van der Waals surface area contributed by atoms with E-state index in [2.05, 4.69) is 0 Å². The van der Waals surface area contributed by atoms with Crippen LogP contribution in [0.15, 0.2) is 23.5 Å². The number of hydrogen-bond acceptors (Lipinski definition) is 8. The van der Waals surface area contributed by atoms with E-state index in [4.69, 9.17) is 18.9 Å². The number of aliphatic hydroxyl groups is 1. The predicted octanol–water partition coefficient (Wildman–Crippen LogP) is 3.18. The van der Waals surface area contributed by atoms with E-state index in [-0.39, 0.29) is 60.0 Å². The number of cyclic esters (lactones) is 2. The quantitative estimate of drug-likeness (QED) is 0.468. The van der Waals surface area contributed by atoms with Crippen LogP contribution >= 0.6 is 0 Å². The van der Waals surface area contributed by atoms with E-state index >= 15 is 0 Å². The van der Waals surface area contributed by atoms with Gasteiger partial charge in [0.25, 0.3) is 0 Å². The van der Waals surface area contributed by atoms with E-state index in [1.54, 1.807) is 19.1 Å². The molecule has 6 aliphatic rings. The zero-order chi connectivity index (χ0) is 25.1. The van der Waals surface area contributed by atoms with Crippen LogP contribution in [-0.4, -0.2) is 46.1 Å². The van der Waals surface area contributed by atoms with E-state index in [0.717, 1.165) is 6.42 Å². The Kier molecular flexibility index (Phi) is 4.63. The molecule has 35 heavy (non-hydrogen) atoms. The van der Waals surface area contributed by atoms with Gasteiger partial charge < -0.3 is 24.1 Å². The van der Waals surface area contributed by atoms with Gasteiger partial charge in [-0.15, -0.1) is 0 Å². The van der Waals surface area contributed by atoms with Crippen LogP contribution in [0.1, 0.15) is 66.7 Å². The zero-order valence-corrected chi connectivity index (χ0v) is 21.0. The highest BCUT2D eigenvalue weighted by atomic mass is 16.7. The van der Waals surface area contributed by atoms with Crippen LogP contribution < -0.4 is 0 Å². The van der Waals surface area contributed by atoms with Crippen molar-refractivity contribution in [1.82, 2.24) is 0 Å². The van der Waals surface area contributed by atoms with Gasteiger partial charge >= 0.3 is 17.9 Å². The lowest BCUT2D eigenvalue weighted by Crippen LogP contribution is -2.50. The molecule has 0 aromatic carbocycles. The molecule has 0 aromatic rings. The minimum Gasteiger partial charge on any atom is -0.459 e. The molecule has 0 radical (unpaired) electrons. The highest BCUT2D eigenvalue weighted by molar-refractivity contribution is 5.92. The summed E-state index contributed by atoms with van der Waals surface area (Å²) in [5.41, 5.74) is -1.75. The molecular formula is C27H34O8. The molecule has 1 N–H and O–H groups in total. The molecule has 6 rings (SSSR count). The number of esters is 3. The van der Waals surface area contributed by atoms with Crippen molar-refractivity contribution in [2.45, 2.75) is 89.8 Å². The molecular weight excluding hydrogens is 452 g/mol. The topological polar surface area (TPSA) is 108 Å². The minimum absolute atomic E-state index is 0.0575. The fourth-order valence-electron chi connectivity index (χ4n) is 8.37. The van der Waals surface area contributed by atoms with Gasteiger partial charge in [-0.2, -0.15) is 0 Å².